The zero-order chi connectivity index (χ0) is 18.9. The highest BCUT2D eigenvalue weighted by Crippen LogP contribution is 2.32. The second kappa shape index (κ2) is 7.48. The number of likely N-dealkylation sites (tertiary alicyclic amines) is 1. The molecule has 2 heterocycles. The van der Waals surface area contributed by atoms with Gasteiger partial charge in [0.15, 0.2) is 0 Å². The van der Waals surface area contributed by atoms with Crippen LogP contribution in [0.15, 0.2) is 23.7 Å². The van der Waals surface area contributed by atoms with Crippen molar-refractivity contribution in [3.05, 3.63) is 29.3 Å². The molecule has 0 spiro atoms. The topological polar surface area (TPSA) is 62.7 Å². The number of hydrogen-bond donors (Lipinski definition) is 1. The van der Waals surface area contributed by atoms with Gasteiger partial charge in [-0.25, -0.2) is 14.2 Å². The van der Waals surface area contributed by atoms with Gasteiger partial charge in [-0.1, -0.05) is 12.1 Å². The molecule has 7 heteroatoms. The molecule has 1 aromatic carbocycles. The molecule has 5 nitrogen and oxygen atoms in total. The first-order valence-electron chi connectivity index (χ1n) is 8.88. The summed E-state index contributed by atoms with van der Waals surface area (Å²) >= 11 is 1.51. The van der Waals surface area contributed by atoms with E-state index in [1.54, 1.807) is 31.2 Å². The normalized spacial score (nSPS) is 22.4. The van der Waals surface area contributed by atoms with Gasteiger partial charge in [0.1, 0.15) is 11.8 Å². The van der Waals surface area contributed by atoms with E-state index in [0.29, 0.717) is 18.5 Å². The van der Waals surface area contributed by atoms with Crippen LogP contribution in [0.4, 0.5) is 9.18 Å². The van der Waals surface area contributed by atoms with Crippen LogP contribution >= 0.6 is 11.3 Å². The van der Waals surface area contributed by atoms with Crippen LogP contribution in [0.5, 0.6) is 0 Å². The molecule has 1 saturated heterocycles. The van der Waals surface area contributed by atoms with Crippen molar-refractivity contribution in [1.29, 1.82) is 0 Å². The molecule has 0 radical (unpaired) electrons. The molecule has 0 unspecified atom stereocenters. The van der Waals surface area contributed by atoms with Crippen LogP contribution in [0.3, 0.4) is 0 Å². The Labute approximate surface area is 156 Å². The van der Waals surface area contributed by atoms with Crippen molar-refractivity contribution in [3.63, 3.8) is 0 Å². The second-order valence-corrected chi connectivity index (χ2v) is 8.63. The lowest BCUT2D eigenvalue weighted by molar-refractivity contribution is -0.00657. The van der Waals surface area contributed by atoms with Gasteiger partial charge in [-0.3, -0.25) is 0 Å². The molecule has 1 aliphatic heterocycles. The summed E-state index contributed by atoms with van der Waals surface area (Å²) in [6.07, 6.45) is -1.47. The summed E-state index contributed by atoms with van der Waals surface area (Å²) in [5, 5.41) is 10.8. The fourth-order valence-corrected chi connectivity index (χ4v) is 4.06. The summed E-state index contributed by atoms with van der Waals surface area (Å²) in [5.41, 5.74) is 2.61. The van der Waals surface area contributed by atoms with Crippen molar-refractivity contribution in [3.8, 4) is 0 Å². The number of thiazole rings is 1. The van der Waals surface area contributed by atoms with Gasteiger partial charge in [0.2, 0.25) is 0 Å². The molecule has 1 aliphatic rings. The first-order valence-corrected chi connectivity index (χ1v) is 9.76. The van der Waals surface area contributed by atoms with E-state index in [-0.39, 0.29) is 12.8 Å². The van der Waals surface area contributed by atoms with Crippen molar-refractivity contribution in [2.24, 2.45) is 0 Å². The number of piperidine rings is 1. The van der Waals surface area contributed by atoms with Crippen LogP contribution in [0, 0.1) is 0 Å². The number of para-hydroxylation sites is 1. The number of aromatic nitrogens is 1. The summed E-state index contributed by atoms with van der Waals surface area (Å²) in [5.74, 6) is 0. The monoisotopic (exact) mass is 380 g/mol. The fourth-order valence-electron chi connectivity index (χ4n) is 3.35. The number of halogens is 1. The Morgan fingerprint density at radius 3 is 3.00 bits per heavy atom. The number of carbonyl (C=O) groups excluding carboxylic acids is 1. The molecule has 1 fully saturated rings. The number of alkyl halides is 1. The van der Waals surface area contributed by atoms with Gasteiger partial charge in [-0.15, -0.1) is 11.3 Å². The Bertz CT molecular complexity index is 773. The van der Waals surface area contributed by atoms with Crippen LogP contribution in [0.2, 0.25) is 0 Å². The maximum absolute atomic E-state index is 14.0. The first kappa shape index (κ1) is 19.0. The van der Waals surface area contributed by atoms with E-state index in [2.05, 4.69) is 4.98 Å². The number of fused-ring (bicyclic) bond motifs is 1. The Morgan fingerprint density at radius 2 is 2.27 bits per heavy atom. The molecule has 1 aromatic heterocycles. The largest absolute Gasteiger partial charge is 0.444 e. The van der Waals surface area contributed by atoms with Gasteiger partial charge in [0, 0.05) is 18.2 Å². The lowest BCUT2D eigenvalue weighted by atomic mass is 9.93. The number of benzene rings is 1. The van der Waals surface area contributed by atoms with Crippen molar-refractivity contribution in [2.45, 2.75) is 64.0 Å². The van der Waals surface area contributed by atoms with Gasteiger partial charge < -0.3 is 14.7 Å². The van der Waals surface area contributed by atoms with Gasteiger partial charge in [-0.05, 0) is 46.1 Å². The second-order valence-electron chi connectivity index (χ2n) is 7.75. The number of hydrogen-bond acceptors (Lipinski definition) is 5. The van der Waals surface area contributed by atoms with E-state index in [0.717, 1.165) is 10.2 Å². The summed E-state index contributed by atoms with van der Waals surface area (Å²) < 4.78 is 20.5. The number of nitrogens with zero attached hydrogens (tertiary/aromatic N) is 2. The third kappa shape index (κ3) is 4.32. The van der Waals surface area contributed by atoms with E-state index in [1.165, 1.54) is 11.3 Å². The van der Waals surface area contributed by atoms with E-state index in [1.807, 2.05) is 18.2 Å². The van der Waals surface area contributed by atoms with Gasteiger partial charge in [0.25, 0.3) is 0 Å². The minimum atomic E-state index is -0.971. The average molecular weight is 380 g/mol. The number of aliphatic hydroxyl groups excluding tert-OH is 1. The van der Waals surface area contributed by atoms with Crippen molar-refractivity contribution < 1.29 is 19.0 Å². The molecule has 142 valence electrons. The van der Waals surface area contributed by atoms with E-state index >= 15 is 0 Å². The average Bonchev–Trinajstić information content (AvgIpc) is 3.01. The number of rotatable bonds is 3. The van der Waals surface area contributed by atoms with Crippen LogP contribution in [-0.4, -0.2) is 45.4 Å². The van der Waals surface area contributed by atoms with Crippen molar-refractivity contribution in [1.82, 2.24) is 9.88 Å². The maximum atomic E-state index is 14.0. The number of amides is 1. The summed E-state index contributed by atoms with van der Waals surface area (Å²) in [6.45, 7) is 5.72. The molecule has 0 saturated carbocycles. The molecular formula is C19H25FN2O3S. The SMILES string of the molecule is CC(C)(C)OC(=O)N1CC[C@H](F)C[C@@H]1C[C@H](O)c1cccc2scnc12. The minimum absolute atomic E-state index is 0.212. The number of ether oxygens (including phenoxy) is 1. The highest BCUT2D eigenvalue weighted by atomic mass is 32.1. The Morgan fingerprint density at radius 1 is 1.50 bits per heavy atom. The molecule has 1 N–H and O–H groups in total. The van der Waals surface area contributed by atoms with Crippen LogP contribution in [0.1, 0.15) is 51.7 Å². The van der Waals surface area contributed by atoms with Crippen LogP contribution < -0.4 is 0 Å². The smallest absolute Gasteiger partial charge is 0.410 e. The Kier molecular flexibility index (Phi) is 5.48. The van der Waals surface area contributed by atoms with E-state index < -0.39 is 30.0 Å². The quantitative estimate of drug-likeness (QED) is 0.854. The predicted octanol–water partition coefficient (Wildman–Crippen LogP) is 4.46. The Balaban J connectivity index is 1.78. The molecule has 1 amide bonds. The third-order valence-corrected chi connectivity index (χ3v) is 5.32. The van der Waals surface area contributed by atoms with Crippen LogP contribution in [-0.2, 0) is 4.74 Å². The van der Waals surface area contributed by atoms with Gasteiger partial charge in [-0.2, -0.15) is 0 Å². The first-order chi connectivity index (χ1) is 12.2. The lowest BCUT2D eigenvalue weighted by Crippen LogP contribution is -2.49. The molecule has 2 aromatic rings. The molecule has 26 heavy (non-hydrogen) atoms. The highest BCUT2D eigenvalue weighted by Gasteiger charge is 2.35. The van der Waals surface area contributed by atoms with Crippen molar-refractivity contribution >= 4 is 27.6 Å². The van der Waals surface area contributed by atoms with Crippen LogP contribution in [0.25, 0.3) is 10.2 Å². The Hall–Kier alpha value is -1.73. The zero-order valence-electron chi connectivity index (χ0n) is 15.3. The van der Waals surface area contributed by atoms with E-state index in [9.17, 15) is 14.3 Å². The summed E-state index contributed by atoms with van der Waals surface area (Å²) in [7, 11) is 0. The molecule has 3 atom stereocenters. The zero-order valence-corrected chi connectivity index (χ0v) is 16.1. The fraction of sp³-hybridized carbons (Fsp3) is 0.579. The van der Waals surface area contributed by atoms with Crippen molar-refractivity contribution in [2.75, 3.05) is 6.54 Å². The molecule has 0 aliphatic carbocycles. The third-order valence-electron chi connectivity index (χ3n) is 4.53. The minimum Gasteiger partial charge on any atom is -0.444 e. The van der Waals surface area contributed by atoms with Gasteiger partial charge >= 0.3 is 6.09 Å². The van der Waals surface area contributed by atoms with Gasteiger partial charge in [0.05, 0.1) is 21.8 Å². The highest BCUT2D eigenvalue weighted by molar-refractivity contribution is 7.16. The van der Waals surface area contributed by atoms with E-state index in [4.69, 9.17) is 4.74 Å². The lowest BCUT2D eigenvalue weighted by Gasteiger charge is -2.38. The summed E-state index contributed by atoms with van der Waals surface area (Å²) in [6, 6.07) is 5.26. The standard InChI is InChI=1S/C19H25FN2O3S/c1-19(2,3)25-18(24)22-8-7-12(20)9-13(22)10-15(23)14-5-4-6-16-17(14)21-11-26-16/h4-6,11-13,15,23H,7-10H2,1-3H3/t12-,13+,15-/m0/s1. The number of carbonyl (C=O) groups is 1. The maximum Gasteiger partial charge on any atom is 0.410 e. The predicted molar refractivity (Wildman–Crippen MR) is 100 cm³/mol. The summed E-state index contributed by atoms with van der Waals surface area (Å²) in [4.78, 5) is 18.4. The molecule has 0 bridgehead atoms. The molecule has 3 rings (SSSR count). The molecular weight excluding hydrogens is 355 g/mol. The number of aliphatic hydroxyl groups is 1.